The van der Waals surface area contributed by atoms with Crippen LogP contribution in [0.3, 0.4) is 0 Å². The maximum Gasteiger partial charge on any atom is 0.286 e. The van der Waals surface area contributed by atoms with Crippen LogP contribution >= 0.6 is 0 Å². The molecule has 5 heteroatoms. The molecule has 0 aliphatic rings. The molecule has 0 aliphatic carbocycles. The summed E-state index contributed by atoms with van der Waals surface area (Å²) in [5, 5.41) is 2.78. The van der Waals surface area contributed by atoms with Crippen LogP contribution in [0.5, 0.6) is 0 Å². The maximum atomic E-state index is 11.7. The first-order valence-corrected chi connectivity index (χ1v) is 6.98. The van der Waals surface area contributed by atoms with Crippen LogP contribution in [0.15, 0.2) is 46.9 Å². The molecule has 0 unspecified atom stereocenters. The predicted molar refractivity (Wildman–Crippen MR) is 79.6 cm³/mol. The Balaban J connectivity index is 1.58. The summed E-state index contributed by atoms with van der Waals surface area (Å²) < 4.78 is 10.8. The van der Waals surface area contributed by atoms with E-state index < -0.39 is 0 Å². The van der Waals surface area contributed by atoms with Gasteiger partial charge in [0.2, 0.25) is 0 Å². The van der Waals surface area contributed by atoms with Gasteiger partial charge in [-0.05, 0) is 24.1 Å². The van der Waals surface area contributed by atoms with Crippen molar-refractivity contribution in [1.29, 1.82) is 0 Å². The molecule has 0 aliphatic heterocycles. The van der Waals surface area contributed by atoms with Crippen LogP contribution in [0.25, 0.3) is 0 Å². The van der Waals surface area contributed by atoms with E-state index in [4.69, 9.17) is 14.9 Å². The summed E-state index contributed by atoms with van der Waals surface area (Å²) in [4.78, 5) is 11.7. The molecule has 2 rings (SSSR count). The SMILES string of the molecule is NCc1ccc(C(=O)NCCCOCc2ccccc2)o1. The molecule has 0 bridgehead atoms. The highest BCUT2D eigenvalue weighted by Gasteiger charge is 2.09. The third kappa shape index (κ3) is 5.06. The lowest BCUT2D eigenvalue weighted by molar-refractivity contribution is 0.0906. The predicted octanol–water partition coefficient (Wildman–Crippen LogP) is 2.08. The first-order valence-electron chi connectivity index (χ1n) is 6.98. The van der Waals surface area contributed by atoms with Crippen molar-refractivity contribution in [2.24, 2.45) is 5.73 Å². The summed E-state index contributed by atoms with van der Waals surface area (Å²) in [7, 11) is 0. The minimum atomic E-state index is -0.224. The van der Waals surface area contributed by atoms with E-state index in [2.05, 4.69) is 5.32 Å². The van der Waals surface area contributed by atoms with E-state index in [9.17, 15) is 4.79 Å². The zero-order valence-corrected chi connectivity index (χ0v) is 11.9. The van der Waals surface area contributed by atoms with Gasteiger partial charge in [0.15, 0.2) is 5.76 Å². The number of nitrogens with one attached hydrogen (secondary N) is 1. The van der Waals surface area contributed by atoms with Crippen molar-refractivity contribution in [3.63, 3.8) is 0 Å². The van der Waals surface area contributed by atoms with Crippen molar-refractivity contribution < 1.29 is 13.9 Å². The normalized spacial score (nSPS) is 10.5. The van der Waals surface area contributed by atoms with Gasteiger partial charge in [-0.2, -0.15) is 0 Å². The van der Waals surface area contributed by atoms with Gasteiger partial charge in [0.25, 0.3) is 5.91 Å². The lowest BCUT2D eigenvalue weighted by atomic mass is 10.2. The highest BCUT2D eigenvalue weighted by Crippen LogP contribution is 2.06. The first kappa shape index (κ1) is 15.3. The fourth-order valence-electron chi connectivity index (χ4n) is 1.84. The van der Waals surface area contributed by atoms with Gasteiger partial charge in [-0.15, -0.1) is 0 Å². The smallest absolute Gasteiger partial charge is 0.286 e. The van der Waals surface area contributed by atoms with Crippen molar-refractivity contribution in [1.82, 2.24) is 5.32 Å². The zero-order chi connectivity index (χ0) is 14.9. The van der Waals surface area contributed by atoms with Crippen LogP contribution in [0, 0.1) is 0 Å². The number of rotatable bonds is 8. The van der Waals surface area contributed by atoms with Gasteiger partial charge >= 0.3 is 0 Å². The second-order valence-electron chi connectivity index (χ2n) is 4.62. The largest absolute Gasteiger partial charge is 0.455 e. The number of furan rings is 1. The summed E-state index contributed by atoms with van der Waals surface area (Å²) in [5.41, 5.74) is 6.57. The van der Waals surface area contributed by atoms with E-state index in [-0.39, 0.29) is 5.91 Å². The van der Waals surface area contributed by atoms with Crippen LogP contribution in [-0.4, -0.2) is 19.1 Å². The van der Waals surface area contributed by atoms with E-state index in [1.165, 1.54) is 0 Å². The Morgan fingerprint density at radius 3 is 2.71 bits per heavy atom. The number of hydrogen-bond acceptors (Lipinski definition) is 4. The summed E-state index contributed by atoms with van der Waals surface area (Å²) in [6.45, 7) is 2.03. The molecule has 3 N–H and O–H groups in total. The number of nitrogens with two attached hydrogens (primary N) is 1. The van der Waals surface area contributed by atoms with E-state index in [0.717, 1.165) is 12.0 Å². The topological polar surface area (TPSA) is 77.5 Å². The molecule has 21 heavy (non-hydrogen) atoms. The summed E-state index contributed by atoms with van der Waals surface area (Å²) in [5.74, 6) is 0.671. The number of carbonyl (C=O) groups excluding carboxylic acids is 1. The van der Waals surface area contributed by atoms with Gasteiger partial charge < -0.3 is 20.2 Å². The van der Waals surface area contributed by atoms with Crippen molar-refractivity contribution in [2.75, 3.05) is 13.2 Å². The van der Waals surface area contributed by atoms with Crippen LogP contribution in [-0.2, 0) is 17.9 Å². The van der Waals surface area contributed by atoms with Crippen molar-refractivity contribution in [3.8, 4) is 0 Å². The maximum absolute atomic E-state index is 11.7. The van der Waals surface area contributed by atoms with Crippen molar-refractivity contribution in [3.05, 3.63) is 59.5 Å². The molecule has 0 atom stereocenters. The number of amides is 1. The minimum absolute atomic E-state index is 0.224. The lowest BCUT2D eigenvalue weighted by Gasteiger charge is -2.05. The molecule has 112 valence electrons. The number of ether oxygens (including phenoxy) is 1. The van der Waals surface area contributed by atoms with Gasteiger partial charge in [0.05, 0.1) is 13.2 Å². The Hall–Kier alpha value is -2.11. The lowest BCUT2D eigenvalue weighted by Crippen LogP contribution is -2.24. The molecule has 1 aromatic heterocycles. The third-order valence-electron chi connectivity index (χ3n) is 2.95. The number of carbonyl (C=O) groups is 1. The zero-order valence-electron chi connectivity index (χ0n) is 11.9. The van der Waals surface area contributed by atoms with Gasteiger partial charge in [-0.25, -0.2) is 0 Å². The fourth-order valence-corrected chi connectivity index (χ4v) is 1.84. The monoisotopic (exact) mass is 288 g/mol. The van der Waals surface area contributed by atoms with Crippen LogP contribution < -0.4 is 11.1 Å². The van der Waals surface area contributed by atoms with Crippen molar-refractivity contribution in [2.45, 2.75) is 19.6 Å². The summed E-state index contributed by atoms with van der Waals surface area (Å²) in [6.07, 6.45) is 0.753. The van der Waals surface area contributed by atoms with Gasteiger partial charge in [0, 0.05) is 13.2 Å². The molecule has 2 aromatic rings. The summed E-state index contributed by atoms with van der Waals surface area (Å²) >= 11 is 0. The highest BCUT2D eigenvalue weighted by atomic mass is 16.5. The Morgan fingerprint density at radius 1 is 1.19 bits per heavy atom. The third-order valence-corrected chi connectivity index (χ3v) is 2.95. The van der Waals surface area contributed by atoms with E-state index in [1.807, 2.05) is 30.3 Å². The Kier molecular flexibility index (Phi) is 5.99. The molecule has 5 nitrogen and oxygen atoms in total. The Morgan fingerprint density at radius 2 is 2.00 bits per heavy atom. The highest BCUT2D eigenvalue weighted by molar-refractivity contribution is 5.91. The molecule has 1 amide bonds. The molecule has 1 aromatic carbocycles. The molecular weight excluding hydrogens is 268 g/mol. The second-order valence-corrected chi connectivity index (χ2v) is 4.62. The van der Waals surface area contributed by atoms with Gasteiger partial charge in [0.1, 0.15) is 5.76 Å². The van der Waals surface area contributed by atoms with E-state index >= 15 is 0 Å². The van der Waals surface area contributed by atoms with E-state index in [0.29, 0.717) is 37.8 Å². The molecule has 0 saturated heterocycles. The average Bonchev–Trinajstić information content (AvgIpc) is 3.00. The first-order chi connectivity index (χ1) is 10.3. The summed E-state index contributed by atoms with van der Waals surface area (Å²) in [6, 6.07) is 13.3. The van der Waals surface area contributed by atoms with Gasteiger partial charge in [-0.1, -0.05) is 30.3 Å². The molecule has 0 spiro atoms. The number of hydrogen-bond donors (Lipinski definition) is 2. The quantitative estimate of drug-likeness (QED) is 0.729. The molecule has 0 saturated carbocycles. The fraction of sp³-hybridized carbons (Fsp3) is 0.312. The number of benzene rings is 1. The van der Waals surface area contributed by atoms with Crippen LogP contribution in [0.1, 0.15) is 28.3 Å². The molecule has 0 radical (unpaired) electrons. The molecule has 1 heterocycles. The minimum Gasteiger partial charge on any atom is -0.455 e. The molecular formula is C16H20N2O3. The van der Waals surface area contributed by atoms with Crippen LogP contribution in [0.2, 0.25) is 0 Å². The molecule has 0 fully saturated rings. The van der Waals surface area contributed by atoms with E-state index in [1.54, 1.807) is 12.1 Å². The Labute approximate surface area is 124 Å². The average molecular weight is 288 g/mol. The van der Waals surface area contributed by atoms with Crippen molar-refractivity contribution >= 4 is 5.91 Å². The standard InChI is InChI=1S/C16H20N2O3/c17-11-14-7-8-15(21-14)16(19)18-9-4-10-20-12-13-5-2-1-3-6-13/h1-3,5-8H,4,9-12,17H2,(H,18,19). The second kappa shape index (κ2) is 8.24. The Bertz CT molecular complexity index is 552. The van der Waals surface area contributed by atoms with Gasteiger partial charge in [-0.3, -0.25) is 4.79 Å². The van der Waals surface area contributed by atoms with Crippen LogP contribution in [0.4, 0.5) is 0 Å².